The summed E-state index contributed by atoms with van der Waals surface area (Å²) in [5.41, 5.74) is 1.33. The van der Waals surface area contributed by atoms with Crippen LogP contribution in [-0.4, -0.2) is 46.9 Å². The molecule has 8 heteroatoms. The quantitative estimate of drug-likeness (QED) is 0.870. The molecule has 0 aliphatic carbocycles. The third-order valence-electron chi connectivity index (χ3n) is 4.25. The number of fused-ring (bicyclic) bond motifs is 2. The van der Waals surface area contributed by atoms with Crippen LogP contribution >= 0.6 is 0 Å². The van der Waals surface area contributed by atoms with Crippen LogP contribution in [0, 0.1) is 0 Å². The number of rotatable bonds is 2. The monoisotopic (exact) mass is 328 g/mol. The first-order valence-corrected chi connectivity index (χ1v) is 7.60. The average molecular weight is 328 g/mol. The van der Waals surface area contributed by atoms with E-state index in [4.69, 9.17) is 9.47 Å². The summed E-state index contributed by atoms with van der Waals surface area (Å²) < 4.78 is 12.3. The van der Waals surface area contributed by atoms with Gasteiger partial charge in [0.05, 0.1) is 18.8 Å². The third kappa shape index (κ3) is 2.27. The van der Waals surface area contributed by atoms with E-state index in [0.29, 0.717) is 23.6 Å². The Morgan fingerprint density at radius 2 is 2.08 bits per heavy atom. The maximum atomic E-state index is 12.9. The lowest BCUT2D eigenvalue weighted by atomic mass is 10.1. The SMILES string of the molecule is CNC(=O)[C@@H]1CN(C(=O)c2ccc3c(c2)OCO3)Cc2ccnn21. The van der Waals surface area contributed by atoms with E-state index in [1.165, 1.54) is 0 Å². The number of aromatic nitrogens is 2. The van der Waals surface area contributed by atoms with Crippen molar-refractivity contribution in [3.63, 3.8) is 0 Å². The lowest BCUT2D eigenvalue weighted by molar-refractivity contribution is -0.125. The van der Waals surface area contributed by atoms with Gasteiger partial charge in [-0.05, 0) is 24.3 Å². The van der Waals surface area contributed by atoms with Crippen molar-refractivity contribution in [3.05, 3.63) is 41.7 Å². The van der Waals surface area contributed by atoms with E-state index in [0.717, 1.165) is 5.69 Å². The van der Waals surface area contributed by atoms with Crippen LogP contribution < -0.4 is 14.8 Å². The van der Waals surface area contributed by atoms with Crippen LogP contribution in [-0.2, 0) is 11.3 Å². The van der Waals surface area contributed by atoms with Crippen molar-refractivity contribution in [1.82, 2.24) is 20.0 Å². The Morgan fingerprint density at radius 1 is 1.25 bits per heavy atom. The molecule has 0 fully saturated rings. The molecule has 0 radical (unpaired) electrons. The minimum Gasteiger partial charge on any atom is -0.454 e. The van der Waals surface area contributed by atoms with Crippen molar-refractivity contribution in [2.75, 3.05) is 20.4 Å². The summed E-state index contributed by atoms with van der Waals surface area (Å²) in [6.45, 7) is 0.830. The molecule has 8 nitrogen and oxygen atoms in total. The molecule has 0 saturated heterocycles. The Bertz CT molecular complexity index is 816. The molecule has 1 N–H and O–H groups in total. The van der Waals surface area contributed by atoms with Gasteiger partial charge in [-0.15, -0.1) is 0 Å². The summed E-state index contributed by atoms with van der Waals surface area (Å²) >= 11 is 0. The smallest absolute Gasteiger partial charge is 0.254 e. The molecule has 0 spiro atoms. The Balaban J connectivity index is 1.62. The molecule has 24 heavy (non-hydrogen) atoms. The van der Waals surface area contributed by atoms with Crippen LogP contribution in [0.5, 0.6) is 11.5 Å². The first-order valence-electron chi connectivity index (χ1n) is 7.60. The van der Waals surface area contributed by atoms with Crippen molar-refractivity contribution < 1.29 is 19.1 Å². The second-order valence-electron chi connectivity index (χ2n) is 5.65. The minimum absolute atomic E-state index is 0.158. The van der Waals surface area contributed by atoms with Gasteiger partial charge in [-0.1, -0.05) is 0 Å². The highest BCUT2D eigenvalue weighted by atomic mass is 16.7. The lowest BCUT2D eigenvalue weighted by Crippen LogP contribution is -2.46. The second kappa shape index (κ2) is 5.55. The van der Waals surface area contributed by atoms with Crippen LogP contribution in [0.3, 0.4) is 0 Å². The zero-order valence-electron chi connectivity index (χ0n) is 13.1. The predicted molar refractivity (Wildman–Crippen MR) is 82.6 cm³/mol. The zero-order chi connectivity index (χ0) is 16.7. The fraction of sp³-hybridized carbons (Fsp3) is 0.312. The topological polar surface area (TPSA) is 85.7 Å². The normalized spacial score (nSPS) is 18.2. The first kappa shape index (κ1) is 14.6. The summed E-state index contributed by atoms with van der Waals surface area (Å²) in [4.78, 5) is 26.6. The van der Waals surface area contributed by atoms with Crippen LogP contribution in [0.25, 0.3) is 0 Å². The average Bonchev–Trinajstić information content (AvgIpc) is 3.27. The molecule has 1 aromatic heterocycles. The van der Waals surface area contributed by atoms with E-state index < -0.39 is 6.04 Å². The van der Waals surface area contributed by atoms with Gasteiger partial charge < -0.3 is 19.7 Å². The Hall–Kier alpha value is -3.03. The molecule has 0 bridgehead atoms. The predicted octanol–water partition coefficient (Wildman–Crippen LogP) is 0.555. The molecule has 1 aromatic carbocycles. The molecule has 4 rings (SSSR count). The first-order chi connectivity index (χ1) is 11.7. The van der Waals surface area contributed by atoms with E-state index in [-0.39, 0.29) is 25.2 Å². The number of hydrogen-bond acceptors (Lipinski definition) is 5. The van der Waals surface area contributed by atoms with Gasteiger partial charge in [0.1, 0.15) is 6.04 Å². The van der Waals surface area contributed by atoms with Gasteiger partial charge in [-0.2, -0.15) is 5.10 Å². The molecule has 2 amide bonds. The molecule has 3 heterocycles. The number of benzene rings is 1. The van der Waals surface area contributed by atoms with E-state index in [1.807, 2.05) is 6.07 Å². The van der Waals surface area contributed by atoms with E-state index in [9.17, 15) is 9.59 Å². The van der Waals surface area contributed by atoms with Gasteiger partial charge >= 0.3 is 0 Å². The number of hydrogen-bond donors (Lipinski definition) is 1. The van der Waals surface area contributed by atoms with Gasteiger partial charge in [-0.25, -0.2) is 0 Å². The molecule has 2 aromatic rings. The van der Waals surface area contributed by atoms with Crippen LogP contribution in [0.15, 0.2) is 30.5 Å². The highest BCUT2D eigenvalue weighted by Crippen LogP contribution is 2.33. The standard InChI is InChI=1S/C16H16N4O4/c1-17-15(21)12-8-19(7-11-4-5-18-20(11)12)16(22)10-2-3-13-14(6-10)24-9-23-13/h2-6,12H,7-9H2,1H3,(H,17,21)/t12-/m0/s1. The second-order valence-corrected chi connectivity index (χ2v) is 5.65. The summed E-state index contributed by atoms with van der Waals surface area (Å²) in [6.07, 6.45) is 1.64. The molecular formula is C16H16N4O4. The molecule has 2 aliphatic heterocycles. The third-order valence-corrected chi connectivity index (χ3v) is 4.25. The summed E-state index contributed by atoms with van der Waals surface area (Å²) in [6, 6.07) is 6.38. The molecular weight excluding hydrogens is 312 g/mol. The highest BCUT2D eigenvalue weighted by Gasteiger charge is 2.33. The van der Waals surface area contributed by atoms with Crippen molar-refractivity contribution in [3.8, 4) is 11.5 Å². The molecule has 0 saturated carbocycles. The number of amides is 2. The number of carbonyl (C=O) groups is 2. The number of nitrogens with one attached hydrogen (secondary N) is 1. The maximum Gasteiger partial charge on any atom is 0.254 e. The van der Waals surface area contributed by atoms with Crippen molar-refractivity contribution in [2.45, 2.75) is 12.6 Å². The lowest BCUT2D eigenvalue weighted by Gasteiger charge is -2.33. The Kier molecular flexibility index (Phi) is 3.37. The van der Waals surface area contributed by atoms with Gasteiger partial charge in [-0.3, -0.25) is 14.3 Å². The Morgan fingerprint density at radius 3 is 2.92 bits per heavy atom. The molecule has 2 aliphatic rings. The number of nitrogens with zero attached hydrogens (tertiary/aromatic N) is 3. The zero-order valence-corrected chi connectivity index (χ0v) is 13.1. The van der Waals surface area contributed by atoms with E-state index >= 15 is 0 Å². The van der Waals surface area contributed by atoms with Gasteiger partial charge in [0.25, 0.3) is 5.91 Å². The number of carbonyl (C=O) groups excluding carboxylic acids is 2. The summed E-state index contributed by atoms with van der Waals surface area (Å²) in [7, 11) is 1.57. The van der Waals surface area contributed by atoms with Crippen molar-refractivity contribution >= 4 is 11.8 Å². The van der Waals surface area contributed by atoms with Crippen LogP contribution in [0.2, 0.25) is 0 Å². The summed E-state index contributed by atoms with van der Waals surface area (Å²) in [5.74, 6) is 0.857. The fourth-order valence-electron chi connectivity index (χ4n) is 3.02. The molecule has 124 valence electrons. The van der Waals surface area contributed by atoms with Crippen molar-refractivity contribution in [1.29, 1.82) is 0 Å². The van der Waals surface area contributed by atoms with Crippen LogP contribution in [0.4, 0.5) is 0 Å². The Labute approximate surface area is 137 Å². The highest BCUT2D eigenvalue weighted by molar-refractivity contribution is 5.95. The maximum absolute atomic E-state index is 12.9. The minimum atomic E-state index is -0.535. The van der Waals surface area contributed by atoms with Crippen LogP contribution in [0.1, 0.15) is 22.1 Å². The fourth-order valence-corrected chi connectivity index (χ4v) is 3.02. The van der Waals surface area contributed by atoms with Gasteiger partial charge in [0.2, 0.25) is 12.7 Å². The number of ether oxygens (including phenoxy) is 2. The van der Waals surface area contributed by atoms with Crippen molar-refractivity contribution in [2.24, 2.45) is 0 Å². The summed E-state index contributed by atoms with van der Waals surface area (Å²) in [5, 5.41) is 6.83. The van der Waals surface area contributed by atoms with E-state index in [2.05, 4.69) is 10.4 Å². The largest absolute Gasteiger partial charge is 0.454 e. The molecule has 1 atom stereocenters. The van der Waals surface area contributed by atoms with Gasteiger partial charge in [0.15, 0.2) is 11.5 Å². The van der Waals surface area contributed by atoms with Gasteiger partial charge in [0, 0.05) is 18.8 Å². The van der Waals surface area contributed by atoms with E-state index in [1.54, 1.807) is 41.0 Å². The number of likely N-dealkylation sites (N-methyl/N-ethyl adjacent to an activating group) is 1. The molecule has 0 unspecified atom stereocenters.